The van der Waals surface area contributed by atoms with Crippen molar-refractivity contribution >= 4 is 5.91 Å². The highest BCUT2D eigenvalue weighted by Gasteiger charge is 2.37. The number of nitrogens with zero attached hydrogens (tertiary/aromatic N) is 1. The molecule has 3 N–H and O–H groups in total. The van der Waals surface area contributed by atoms with Crippen LogP contribution in [0.1, 0.15) is 37.3 Å². The molecule has 1 amide bonds. The van der Waals surface area contributed by atoms with Crippen LogP contribution >= 0.6 is 0 Å². The normalized spacial score (nSPS) is 18.1. The summed E-state index contributed by atoms with van der Waals surface area (Å²) in [7, 11) is 4.08. The monoisotopic (exact) mass is 289 g/mol. The standard InChI is InChI=1S/C17H27N3O/c1-20(2)15(14-7-4-3-5-8-14)12-19-16(21)11-17(13-18)9-6-10-17/h3-5,7-8,15H,6,9-13,18H2,1-2H3,(H,19,21). The fourth-order valence-electron chi connectivity index (χ4n) is 3.02. The molecule has 0 spiro atoms. The van der Waals surface area contributed by atoms with Crippen molar-refractivity contribution in [3.05, 3.63) is 35.9 Å². The molecule has 0 aromatic heterocycles. The molecule has 1 aromatic carbocycles. The first kappa shape index (κ1) is 16.0. The van der Waals surface area contributed by atoms with Gasteiger partial charge in [0.2, 0.25) is 5.91 Å². The first-order chi connectivity index (χ1) is 10.1. The second kappa shape index (κ2) is 7.05. The van der Waals surface area contributed by atoms with E-state index in [0.717, 1.165) is 12.8 Å². The van der Waals surface area contributed by atoms with Crippen molar-refractivity contribution in [2.75, 3.05) is 27.2 Å². The molecule has 0 bridgehead atoms. The molecule has 1 aliphatic carbocycles. The quantitative estimate of drug-likeness (QED) is 0.806. The van der Waals surface area contributed by atoms with Crippen LogP contribution in [0.25, 0.3) is 0 Å². The summed E-state index contributed by atoms with van der Waals surface area (Å²) in [6.45, 7) is 1.26. The van der Waals surface area contributed by atoms with Gasteiger partial charge in [0.25, 0.3) is 0 Å². The largest absolute Gasteiger partial charge is 0.354 e. The Morgan fingerprint density at radius 1 is 1.33 bits per heavy atom. The van der Waals surface area contributed by atoms with Crippen molar-refractivity contribution in [1.29, 1.82) is 0 Å². The predicted octanol–water partition coefficient (Wildman–Crippen LogP) is 1.92. The van der Waals surface area contributed by atoms with E-state index in [1.54, 1.807) is 0 Å². The Morgan fingerprint density at radius 2 is 2.00 bits per heavy atom. The highest BCUT2D eigenvalue weighted by Crippen LogP contribution is 2.42. The van der Waals surface area contributed by atoms with Crippen LogP contribution in [0.3, 0.4) is 0 Å². The van der Waals surface area contributed by atoms with Crippen LogP contribution in [0, 0.1) is 5.41 Å². The highest BCUT2D eigenvalue weighted by atomic mass is 16.1. The Bertz CT molecular complexity index is 449. The van der Waals surface area contributed by atoms with Gasteiger partial charge in [0, 0.05) is 13.0 Å². The summed E-state index contributed by atoms with van der Waals surface area (Å²) in [5, 5.41) is 3.08. The number of hydrogen-bond acceptors (Lipinski definition) is 3. The van der Waals surface area contributed by atoms with Gasteiger partial charge in [-0.1, -0.05) is 36.8 Å². The molecule has 1 aromatic rings. The van der Waals surface area contributed by atoms with E-state index in [0.29, 0.717) is 19.5 Å². The lowest BCUT2D eigenvalue weighted by molar-refractivity contribution is -0.124. The average Bonchev–Trinajstić information content (AvgIpc) is 2.44. The second-order valence-electron chi connectivity index (χ2n) is 6.43. The average molecular weight is 289 g/mol. The maximum absolute atomic E-state index is 12.2. The van der Waals surface area contributed by atoms with Crippen molar-refractivity contribution in [1.82, 2.24) is 10.2 Å². The summed E-state index contributed by atoms with van der Waals surface area (Å²) in [6.07, 6.45) is 3.95. The van der Waals surface area contributed by atoms with Crippen LogP contribution in [-0.2, 0) is 4.79 Å². The number of rotatable bonds is 7. The number of carbonyl (C=O) groups is 1. The fourth-order valence-corrected chi connectivity index (χ4v) is 3.02. The van der Waals surface area contributed by atoms with Gasteiger partial charge in [-0.05, 0) is 44.5 Å². The van der Waals surface area contributed by atoms with Gasteiger partial charge in [0.15, 0.2) is 0 Å². The van der Waals surface area contributed by atoms with Crippen LogP contribution in [-0.4, -0.2) is 38.0 Å². The molecule has 0 aliphatic heterocycles. The zero-order chi connectivity index (χ0) is 15.3. The van der Waals surface area contributed by atoms with Crippen LogP contribution in [0.5, 0.6) is 0 Å². The molecule has 0 radical (unpaired) electrons. The zero-order valence-electron chi connectivity index (χ0n) is 13.1. The molecular formula is C17H27N3O. The minimum atomic E-state index is 0.0739. The van der Waals surface area contributed by atoms with Crippen LogP contribution in [0.4, 0.5) is 0 Å². The molecule has 21 heavy (non-hydrogen) atoms. The van der Waals surface area contributed by atoms with Gasteiger partial charge in [-0.3, -0.25) is 4.79 Å². The van der Waals surface area contributed by atoms with E-state index in [4.69, 9.17) is 5.73 Å². The number of nitrogens with two attached hydrogens (primary N) is 1. The summed E-state index contributed by atoms with van der Waals surface area (Å²) < 4.78 is 0. The van der Waals surface area contributed by atoms with Gasteiger partial charge in [-0.15, -0.1) is 0 Å². The second-order valence-corrected chi connectivity index (χ2v) is 6.43. The van der Waals surface area contributed by atoms with Crippen molar-refractivity contribution in [3.63, 3.8) is 0 Å². The Balaban J connectivity index is 1.89. The molecule has 4 heteroatoms. The minimum Gasteiger partial charge on any atom is -0.354 e. The minimum absolute atomic E-state index is 0.0739. The topological polar surface area (TPSA) is 58.4 Å². The number of nitrogens with one attached hydrogen (secondary N) is 1. The molecular weight excluding hydrogens is 262 g/mol. The third-order valence-electron chi connectivity index (χ3n) is 4.68. The zero-order valence-corrected chi connectivity index (χ0v) is 13.1. The van der Waals surface area contributed by atoms with E-state index in [1.165, 1.54) is 12.0 Å². The molecule has 0 saturated heterocycles. The lowest BCUT2D eigenvalue weighted by Gasteiger charge is -2.40. The third-order valence-corrected chi connectivity index (χ3v) is 4.68. The lowest BCUT2D eigenvalue weighted by Crippen LogP contribution is -2.43. The van der Waals surface area contributed by atoms with Gasteiger partial charge in [-0.25, -0.2) is 0 Å². The van der Waals surface area contributed by atoms with E-state index < -0.39 is 0 Å². The smallest absolute Gasteiger partial charge is 0.220 e. The first-order valence-electron chi connectivity index (χ1n) is 7.74. The summed E-state index contributed by atoms with van der Waals surface area (Å²) in [4.78, 5) is 14.3. The maximum Gasteiger partial charge on any atom is 0.220 e. The number of benzene rings is 1. The molecule has 1 atom stereocenters. The van der Waals surface area contributed by atoms with E-state index in [2.05, 4.69) is 22.3 Å². The van der Waals surface area contributed by atoms with Gasteiger partial charge in [0.05, 0.1) is 6.04 Å². The fraction of sp³-hybridized carbons (Fsp3) is 0.588. The summed E-state index contributed by atoms with van der Waals surface area (Å²) in [6, 6.07) is 10.5. The Hall–Kier alpha value is -1.39. The number of amides is 1. The molecule has 1 aliphatic rings. The predicted molar refractivity (Wildman–Crippen MR) is 85.8 cm³/mol. The molecule has 1 saturated carbocycles. The van der Waals surface area contributed by atoms with Crippen LogP contribution in [0.2, 0.25) is 0 Å². The molecule has 1 fully saturated rings. The molecule has 4 nitrogen and oxygen atoms in total. The first-order valence-corrected chi connectivity index (χ1v) is 7.74. The summed E-state index contributed by atoms with van der Waals surface area (Å²) in [5.41, 5.74) is 7.12. The number of likely N-dealkylation sites (N-methyl/N-ethyl adjacent to an activating group) is 1. The van der Waals surface area contributed by atoms with E-state index in [-0.39, 0.29) is 17.4 Å². The van der Waals surface area contributed by atoms with E-state index in [9.17, 15) is 4.79 Å². The van der Waals surface area contributed by atoms with E-state index in [1.807, 2.05) is 32.3 Å². The van der Waals surface area contributed by atoms with Crippen molar-refractivity contribution in [2.24, 2.45) is 11.1 Å². The molecule has 1 unspecified atom stereocenters. The van der Waals surface area contributed by atoms with Crippen molar-refractivity contribution < 1.29 is 4.79 Å². The summed E-state index contributed by atoms with van der Waals surface area (Å²) >= 11 is 0. The number of carbonyl (C=O) groups excluding carboxylic acids is 1. The Kier molecular flexibility index (Phi) is 5.37. The SMILES string of the molecule is CN(C)C(CNC(=O)CC1(CN)CCC1)c1ccccc1. The number of hydrogen-bond donors (Lipinski definition) is 2. The van der Waals surface area contributed by atoms with Crippen LogP contribution in [0.15, 0.2) is 30.3 Å². The molecule has 116 valence electrons. The highest BCUT2D eigenvalue weighted by molar-refractivity contribution is 5.76. The van der Waals surface area contributed by atoms with E-state index >= 15 is 0 Å². The van der Waals surface area contributed by atoms with Gasteiger partial charge in [-0.2, -0.15) is 0 Å². The van der Waals surface area contributed by atoms with Gasteiger partial charge in [0.1, 0.15) is 0 Å². The third kappa shape index (κ3) is 4.05. The molecule has 2 rings (SSSR count). The molecule has 0 heterocycles. The lowest BCUT2D eigenvalue weighted by atomic mass is 9.66. The Labute approximate surface area is 127 Å². The van der Waals surface area contributed by atoms with Gasteiger partial charge >= 0.3 is 0 Å². The van der Waals surface area contributed by atoms with Gasteiger partial charge < -0.3 is 16.0 Å². The summed E-state index contributed by atoms with van der Waals surface area (Å²) in [5.74, 6) is 0.128. The van der Waals surface area contributed by atoms with Crippen molar-refractivity contribution in [2.45, 2.75) is 31.7 Å². The maximum atomic E-state index is 12.2. The van der Waals surface area contributed by atoms with Crippen LogP contribution < -0.4 is 11.1 Å². The van der Waals surface area contributed by atoms with Crippen molar-refractivity contribution in [3.8, 4) is 0 Å². The Morgan fingerprint density at radius 3 is 2.48 bits per heavy atom.